The molecule has 2 aromatic rings. The molecule has 0 unspecified atom stereocenters. The fraction of sp³-hybridized carbons (Fsp3) is 0.522. The molecule has 1 aliphatic carbocycles. The van der Waals surface area contributed by atoms with Crippen LogP contribution in [0.25, 0.3) is 10.9 Å². The van der Waals surface area contributed by atoms with Gasteiger partial charge in [0, 0.05) is 24.2 Å². The number of fused-ring (bicyclic) bond motifs is 2. The average molecular weight is 380 g/mol. The van der Waals surface area contributed by atoms with Gasteiger partial charge in [-0.1, -0.05) is 25.1 Å². The van der Waals surface area contributed by atoms with Crippen molar-refractivity contribution in [2.45, 2.75) is 46.0 Å². The topological polar surface area (TPSA) is 59.5 Å². The lowest BCUT2D eigenvalue weighted by molar-refractivity contribution is -0.149. The zero-order valence-corrected chi connectivity index (χ0v) is 16.7. The van der Waals surface area contributed by atoms with E-state index in [0.29, 0.717) is 25.6 Å². The van der Waals surface area contributed by atoms with Crippen LogP contribution in [0.15, 0.2) is 24.3 Å². The molecule has 5 heteroatoms. The summed E-state index contributed by atoms with van der Waals surface area (Å²) >= 11 is 0. The van der Waals surface area contributed by atoms with Crippen LogP contribution in [0.1, 0.15) is 54.7 Å². The molecule has 28 heavy (non-hydrogen) atoms. The Morgan fingerprint density at radius 3 is 2.89 bits per heavy atom. The van der Waals surface area contributed by atoms with Gasteiger partial charge in [0.15, 0.2) is 0 Å². The molecule has 4 rings (SSSR count). The number of pyridine rings is 1. The van der Waals surface area contributed by atoms with E-state index >= 15 is 0 Å². The van der Waals surface area contributed by atoms with E-state index in [-0.39, 0.29) is 17.8 Å². The largest absolute Gasteiger partial charge is 0.466 e. The summed E-state index contributed by atoms with van der Waals surface area (Å²) in [6.07, 6.45) is 4.54. The van der Waals surface area contributed by atoms with Crippen molar-refractivity contribution in [3.05, 3.63) is 41.1 Å². The van der Waals surface area contributed by atoms with Crippen LogP contribution < -0.4 is 0 Å². The summed E-state index contributed by atoms with van der Waals surface area (Å²) in [5, 5.41) is 0.929. The van der Waals surface area contributed by atoms with E-state index in [2.05, 4.69) is 6.92 Å². The Morgan fingerprint density at radius 1 is 1.25 bits per heavy atom. The Labute approximate surface area is 166 Å². The molecule has 0 spiro atoms. The Balaban J connectivity index is 1.72. The van der Waals surface area contributed by atoms with Crippen LogP contribution in [-0.4, -0.2) is 41.5 Å². The highest BCUT2D eigenvalue weighted by atomic mass is 16.5. The molecule has 0 N–H and O–H groups in total. The highest BCUT2D eigenvalue weighted by Gasteiger charge is 2.33. The maximum absolute atomic E-state index is 13.7. The van der Waals surface area contributed by atoms with Crippen LogP contribution in [0, 0.1) is 11.8 Å². The zero-order chi connectivity index (χ0) is 19.7. The number of para-hydroxylation sites is 1. The number of benzene rings is 1. The summed E-state index contributed by atoms with van der Waals surface area (Å²) in [6, 6.07) is 7.93. The van der Waals surface area contributed by atoms with Crippen LogP contribution >= 0.6 is 0 Å². The minimum absolute atomic E-state index is 0.0398. The quantitative estimate of drug-likeness (QED) is 0.761. The standard InChI is InChI=1S/C23H28N2O3/c1-3-28-23(27)16-7-6-12-25(14-16)22(26)21-17-8-4-5-9-19(17)24-20-11-10-15(2)13-18(20)21/h4-5,8-9,15-16H,3,6-7,10-14H2,1-2H3/t15-,16+/m0/s1. The first-order chi connectivity index (χ1) is 13.6. The van der Waals surface area contributed by atoms with Gasteiger partial charge in [-0.25, -0.2) is 0 Å². The van der Waals surface area contributed by atoms with Crippen molar-refractivity contribution >= 4 is 22.8 Å². The molecule has 1 amide bonds. The van der Waals surface area contributed by atoms with E-state index in [1.165, 1.54) is 0 Å². The van der Waals surface area contributed by atoms with E-state index in [1.54, 1.807) is 0 Å². The van der Waals surface area contributed by atoms with Crippen LogP contribution in [0.3, 0.4) is 0 Å². The van der Waals surface area contributed by atoms with Gasteiger partial charge in [0.2, 0.25) is 0 Å². The Hall–Kier alpha value is -2.43. The van der Waals surface area contributed by atoms with E-state index < -0.39 is 0 Å². The number of ether oxygens (including phenoxy) is 1. The molecule has 1 aliphatic heterocycles. The SMILES string of the molecule is CCOC(=O)[C@@H]1CCCN(C(=O)c2c3c(nc4ccccc24)CC[C@H](C)C3)C1. The molecular formula is C23H28N2O3. The number of rotatable bonds is 3. The van der Waals surface area contributed by atoms with Crippen LogP contribution in [0.4, 0.5) is 0 Å². The van der Waals surface area contributed by atoms with E-state index in [9.17, 15) is 9.59 Å². The predicted octanol–water partition coefficient (Wildman–Crippen LogP) is 3.77. The summed E-state index contributed by atoms with van der Waals surface area (Å²) in [6.45, 7) is 5.57. The molecule has 1 aromatic heterocycles. The van der Waals surface area contributed by atoms with Gasteiger partial charge in [-0.2, -0.15) is 0 Å². The number of aryl methyl sites for hydroxylation is 1. The van der Waals surface area contributed by atoms with Gasteiger partial charge in [-0.05, 0) is 56.6 Å². The van der Waals surface area contributed by atoms with Gasteiger partial charge < -0.3 is 9.64 Å². The van der Waals surface area contributed by atoms with E-state index in [4.69, 9.17) is 9.72 Å². The molecule has 1 fully saturated rings. The number of likely N-dealkylation sites (tertiary alicyclic amines) is 1. The van der Waals surface area contributed by atoms with Crippen LogP contribution in [0.5, 0.6) is 0 Å². The Morgan fingerprint density at radius 2 is 2.07 bits per heavy atom. The fourth-order valence-corrected chi connectivity index (χ4v) is 4.58. The number of piperidine rings is 1. The maximum atomic E-state index is 13.7. The summed E-state index contributed by atoms with van der Waals surface area (Å²) in [7, 11) is 0. The van der Waals surface area contributed by atoms with E-state index in [0.717, 1.165) is 59.8 Å². The molecular weight excluding hydrogens is 352 g/mol. The molecule has 2 aliphatic rings. The highest BCUT2D eigenvalue weighted by Crippen LogP contribution is 2.33. The number of hydrogen-bond acceptors (Lipinski definition) is 4. The minimum atomic E-state index is -0.222. The smallest absolute Gasteiger partial charge is 0.310 e. The van der Waals surface area contributed by atoms with Crippen LogP contribution in [0.2, 0.25) is 0 Å². The number of aromatic nitrogens is 1. The summed E-state index contributed by atoms with van der Waals surface area (Å²) in [5.41, 5.74) is 3.87. The zero-order valence-electron chi connectivity index (χ0n) is 16.7. The lowest BCUT2D eigenvalue weighted by atomic mass is 9.83. The van der Waals surface area contributed by atoms with Crippen molar-refractivity contribution in [1.29, 1.82) is 0 Å². The molecule has 1 saturated heterocycles. The van der Waals surface area contributed by atoms with Crippen LogP contribution in [-0.2, 0) is 22.4 Å². The molecule has 5 nitrogen and oxygen atoms in total. The van der Waals surface area contributed by atoms with Gasteiger partial charge in [0.05, 0.1) is 23.6 Å². The van der Waals surface area contributed by atoms with Gasteiger partial charge in [0.25, 0.3) is 5.91 Å². The van der Waals surface area contributed by atoms with Crippen molar-refractivity contribution in [2.24, 2.45) is 11.8 Å². The second kappa shape index (κ2) is 7.90. The number of esters is 1. The Bertz CT molecular complexity index is 908. The second-order valence-corrected chi connectivity index (χ2v) is 8.12. The third-order valence-electron chi connectivity index (χ3n) is 6.05. The second-order valence-electron chi connectivity index (χ2n) is 8.12. The van der Waals surface area contributed by atoms with Crippen molar-refractivity contribution < 1.29 is 14.3 Å². The lowest BCUT2D eigenvalue weighted by Crippen LogP contribution is -2.43. The van der Waals surface area contributed by atoms with Gasteiger partial charge in [-0.15, -0.1) is 0 Å². The minimum Gasteiger partial charge on any atom is -0.466 e. The summed E-state index contributed by atoms with van der Waals surface area (Å²) in [5.74, 6) is 0.185. The monoisotopic (exact) mass is 380 g/mol. The first kappa shape index (κ1) is 18.9. The Kier molecular flexibility index (Phi) is 5.33. The number of carbonyl (C=O) groups excluding carboxylic acids is 2. The number of carbonyl (C=O) groups is 2. The first-order valence-corrected chi connectivity index (χ1v) is 10.4. The normalized spacial score (nSPS) is 22.0. The van der Waals surface area contributed by atoms with Crippen molar-refractivity contribution in [1.82, 2.24) is 9.88 Å². The van der Waals surface area contributed by atoms with E-state index in [1.807, 2.05) is 36.1 Å². The first-order valence-electron chi connectivity index (χ1n) is 10.4. The van der Waals surface area contributed by atoms with Crippen molar-refractivity contribution in [2.75, 3.05) is 19.7 Å². The predicted molar refractivity (Wildman–Crippen MR) is 108 cm³/mol. The molecule has 0 bridgehead atoms. The number of nitrogens with zero attached hydrogens (tertiary/aromatic N) is 2. The highest BCUT2D eigenvalue weighted by molar-refractivity contribution is 6.08. The fourth-order valence-electron chi connectivity index (χ4n) is 4.58. The molecule has 148 valence electrons. The number of hydrogen-bond donors (Lipinski definition) is 0. The third-order valence-corrected chi connectivity index (χ3v) is 6.05. The van der Waals surface area contributed by atoms with Crippen molar-refractivity contribution in [3.63, 3.8) is 0 Å². The molecule has 0 saturated carbocycles. The van der Waals surface area contributed by atoms with Gasteiger partial charge in [0.1, 0.15) is 0 Å². The van der Waals surface area contributed by atoms with Gasteiger partial charge in [-0.3, -0.25) is 14.6 Å². The lowest BCUT2D eigenvalue weighted by Gasteiger charge is -2.33. The summed E-state index contributed by atoms with van der Waals surface area (Å²) < 4.78 is 5.20. The molecule has 2 atom stereocenters. The molecule has 0 radical (unpaired) electrons. The summed E-state index contributed by atoms with van der Waals surface area (Å²) in [4.78, 5) is 32.6. The molecule has 1 aromatic carbocycles. The van der Waals surface area contributed by atoms with Gasteiger partial charge >= 0.3 is 5.97 Å². The molecule has 2 heterocycles. The maximum Gasteiger partial charge on any atom is 0.310 e. The van der Waals surface area contributed by atoms with Crippen molar-refractivity contribution in [3.8, 4) is 0 Å². The third kappa shape index (κ3) is 3.50. The number of amides is 1. The average Bonchev–Trinajstić information content (AvgIpc) is 2.72.